The van der Waals surface area contributed by atoms with E-state index in [1.165, 1.54) is 42.9 Å². The van der Waals surface area contributed by atoms with Gasteiger partial charge < -0.3 is 29.2 Å². The number of rotatable bonds is 18. The predicted octanol–water partition coefficient (Wildman–Crippen LogP) is 3.67. The summed E-state index contributed by atoms with van der Waals surface area (Å²) in [5, 5.41) is 17.4. The first kappa shape index (κ1) is 36.3. The Morgan fingerprint density at radius 3 is 2.44 bits per heavy atom. The van der Waals surface area contributed by atoms with Crippen LogP contribution < -0.4 is 15.3 Å². The highest BCUT2D eigenvalue weighted by Gasteiger charge is 2.52. The molecule has 0 aliphatic heterocycles. The van der Waals surface area contributed by atoms with Gasteiger partial charge >= 0.3 is 25.7 Å². The van der Waals surface area contributed by atoms with Crippen molar-refractivity contribution in [3.63, 3.8) is 0 Å². The van der Waals surface area contributed by atoms with Gasteiger partial charge in [0.05, 0.1) is 12.3 Å². The van der Waals surface area contributed by atoms with Crippen LogP contribution in [0.5, 0.6) is 5.75 Å². The summed E-state index contributed by atoms with van der Waals surface area (Å²) < 4.78 is 49.7. The molecule has 5 atom stereocenters. The number of fused-ring (bicyclic) bond motifs is 1. The van der Waals surface area contributed by atoms with E-state index in [9.17, 15) is 24.2 Å². The van der Waals surface area contributed by atoms with E-state index < -0.39 is 56.1 Å². The Labute approximate surface area is 277 Å². The van der Waals surface area contributed by atoms with E-state index >= 15 is 0 Å². The quantitative estimate of drug-likeness (QED) is 0.111. The van der Waals surface area contributed by atoms with Crippen molar-refractivity contribution in [1.29, 1.82) is 5.26 Å². The van der Waals surface area contributed by atoms with Crippen molar-refractivity contribution in [2.45, 2.75) is 70.3 Å². The lowest BCUT2D eigenvalue weighted by molar-refractivity contribution is -0.193. The first-order valence-electron chi connectivity index (χ1n) is 15.3. The summed E-state index contributed by atoms with van der Waals surface area (Å²) in [5.41, 5.74) is 4.23. The summed E-state index contributed by atoms with van der Waals surface area (Å²) in [5.74, 6) is -1.66. The second-order valence-electron chi connectivity index (χ2n) is 11.0. The highest BCUT2D eigenvalue weighted by atomic mass is 31.2. The molecule has 0 bridgehead atoms. The zero-order chi connectivity index (χ0) is 34.9. The van der Waals surface area contributed by atoms with Crippen LogP contribution >= 0.6 is 7.75 Å². The van der Waals surface area contributed by atoms with Crippen molar-refractivity contribution in [3.05, 3.63) is 54.5 Å². The number of esters is 3. The number of nitrogens with zero attached hydrogens (tertiary/aromatic N) is 4. The van der Waals surface area contributed by atoms with Gasteiger partial charge in [0.25, 0.3) is 0 Å². The molecule has 1 aliphatic carbocycles. The molecule has 0 amide bonds. The van der Waals surface area contributed by atoms with Crippen LogP contribution in [0, 0.1) is 17.2 Å². The number of nitrogen functional groups attached to an aromatic ring is 1. The molecule has 48 heavy (non-hydrogen) atoms. The number of carbonyl (C=O) groups excluding carboxylic acids is 3. The molecular weight excluding hydrogens is 647 g/mol. The average Bonchev–Trinajstić information content (AvgIpc) is 3.82. The van der Waals surface area contributed by atoms with Crippen molar-refractivity contribution in [3.8, 4) is 11.8 Å². The van der Waals surface area contributed by atoms with Crippen LogP contribution in [0.4, 0.5) is 5.82 Å². The maximum absolute atomic E-state index is 14.3. The number of nitrogens with two attached hydrogens (primary N) is 1. The standard InChI is InChI=1S/C31H39N6O10P/c1-5-25(38)45-27(23-14-15-24-29(33)34-19-35-37(23)24)28(46-26(39)6-2)31(17-32,42-4)18-44-48(41,47-22-10-8-7-9-11-22)36-20(3)30(40)43-16-21-12-13-21/h7-11,14-15,19-21,27-28H,5-6,12-13,16,18H2,1-4H3,(H,36,41)(H2,33,34,35)/t20-,27-,28-,31?,48?/m0/s1. The smallest absolute Gasteiger partial charge is 0.459 e. The third-order valence-corrected chi connectivity index (χ3v) is 9.09. The van der Waals surface area contributed by atoms with Crippen molar-refractivity contribution < 1.29 is 46.9 Å². The van der Waals surface area contributed by atoms with Gasteiger partial charge in [-0.3, -0.25) is 18.9 Å². The van der Waals surface area contributed by atoms with Crippen molar-refractivity contribution in [2.75, 3.05) is 26.1 Å². The molecule has 16 nitrogen and oxygen atoms in total. The Morgan fingerprint density at radius 2 is 1.81 bits per heavy atom. The minimum atomic E-state index is -4.53. The summed E-state index contributed by atoms with van der Waals surface area (Å²) in [7, 11) is -3.39. The summed E-state index contributed by atoms with van der Waals surface area (Å²) in [6.45, 7) is 3.86. The van der Waals surface area contributed by atoms with Crippen LogP contribution in [0.2, 0.25) is 0 Å². The molecule has 3 N–H and O–H groups in total. The van der Waals surface area contributed by atoms with Crippen molar-refractivity contribution in [2.24, 2.45) is 5.92 Å². The first-order chi connectivity index (χ1) is 23.0. The molecule has 0 saturated heterocycles. The minimum Gasteiger partial charge on any atom is -0.464 e. The van der Waals surface area contributed by atoms with E-state index in [1.807, 2.05) is 6.07 Å². The molecule has 3 aromatic rings. The van der Waals surface area contributed by atoms with E-state index in [0.29, 0.717) is 11.4 Å². The van der Waals surface area contributed by atoms with Crippen LogP contribution in [0.15, 0.2) is 48.8 Å². The number of nitriles is 1. The summed E-state index contributed by atoms with van der Waals surface area (Å²) in [6.07, 6.45) is -0.361. The van der Waals surface area contributed by atoms with Gasteiger partial charge in [-0.25, -0.2) is 14.1 Å². The second-order valence-corrected chi connectivity index (χ2v) is 12.7. The van der Waals surface area contributed by atoms with Gasteiger partial charge in [-0.1, -0.05) is 32.0 Å². The Morgan fingerprint density at radius 1 is 1.12 bits per heavy atom. The number of hydrogen-bond donors (Lipinski definition) is 2. The van der Waals surface area contributed by atoms with Gasteiger partial charge in [0.15, 0.2) is 18.0 Å². The molecule has 4 rings (SSSR count). The van der Waals surface area contributed by atoms with E-state index in [-0.39, 0.29) is 36.7 Å². The SMILES string of the molecule is CCC(=O)O[C@@H](c1ccc2c(N)ncnn12)[C@H](OC(=O)CC)C(C#N)(COP(=O)(N[C@@H](C)C(=O)OCC1CC1)Oc1ccccc1)OC. The molecule has 2 unspecified atom stereocenters. The normalized spacial score (nSPS) is 17.1. The average molecular weight is 687 g/mol. The Balaban J connectivity index is 1.73. The maximum atomic E-state index is 14.3. The van der Waals surface area contributed by atoms with Crippen LogP contribution in [0.3, 0.4) is 0 Å². The first-order valence-corrected chi connectivity index (χ1v) is 16.9. The summed E-state index contributed by atoms with van der Waals surface area (Å²) in [6, 6.07) is 11.9. The van der Waals surface area contributed by atoms with E-state index in [0.717, 1.165) is 20.0 Å². The molecule has 1 saturated carbocycles. The third-order valence-electron chi connectivity index (χ3n) is 7.47. The van der Waals surface area contributed by atoms with Gasteiger partial charge in [0.1, 0.15) is 36.3 Å². The number of anilines is 1. The monoisotopic (exact) mass is 686 g/mol. The zero-order valence-corrected chi connectivity index (χ0v) is 28.0. The fourth-order valence-electron chi connectivity index (χ4n) is 4.51. The van der Waals surface area contributed by atoms with Crippen LogP contribution in [0.25, 0.3) is 5.52 Å². The maximum Gasteiger partial charge on any atom is 0.459 e. The van der Waals surface area contributed by atoms with E-state index in [4.69, 9.17) is 33.7 Å². The van der Waals surface area contributed by atoms with Crippen LogP contribution in [-0.2, 0) is 42.4 Å². The molecule has 258 valence electrons. The largest absolute Gasteiger partial charge is 0.464 e. The number of nitrogens with one attached hydrogen (secondary N) is 1. The lowest BCUT2D eigenvalue weighted by Crippen LogP contribution is -2.53. The van der Waals surface area contributed by atoms with Crippen LogP contribution in [-0.4, -0.2) is 70.6 Å². The van der Waals surface area contributed by atoms with Gasteiger partial charge in [-0.05, 0) is 49.9 Å². The zero-order valence-electron chi connectivity index (χ0n) is 27.1. The van der Waals surface area contributed by atoms with Crippen molar-refractivity contribution in [1.82, 2.24) is 19.7 Å². The fraction of sp³-hybridized carbons (Fsp3) is 0.484. The molecule has 2 aromatic heterocycles. The third kappa shape index (κ3) is 8.87. The summed E-state index contributed by atoms with van der Waals surface area (Å²) >= 11 is 0. The van der Waals surface area contributed by atoms with Crippen LogP contribution in [0.1, 0.15) is 58.3 Å². The Kier molecular flexibility index (Phi) is 12.1. The number of ether oxygens (including phenoxy) is 4. The van der Waals surface area contributed by atoms with Crippen molar-refractivity contribution >= 4 is 37.0 Å². The molecule has 2 heterocycles. The number of methoxy groups -OCH3 is 1. The molecule has 1 aliphatic rings. The number of carbonyl (C=O) groups is 3. The number of hydrogen-bond acceptors (Lipinski definition) is 14. The van der Waals surface area contributed by atoms with Gasteiger partial charge in [0.2, 0.25) is 5.60 Å². The van der Waals surface area contributed by atoms with E-state index in [2.05, 4.69) is 15.2 Å². The molecule has 0 radical (unpaired) electrons. The number of aromatic nitrogens is 3. The molecular formula is C31H39N6O10P. The van der Waals surface area contributed by atoms with E-state index in [1.54, 1.807) is 31.2 Å². The fourth-order valence-corrected chi connectivity index (χ4v) is 6.03. The molecule has 0 spiro atoms. The number of para-hydroxylation sites is 1. The van der Waals surface area contributed by atoms with Gasteiger partial charge in [-0.2, -0.15) is 15.4 Å². The topological polar surface area (TPSA) is 216 Å². The highest BCUT2D eigenvalue weighted by Crippen LogP contribution is 2.47. The lowest BCUT2D eigenvalue weighted by atomic mass is 9.92. The molecule has 1 aromatic carbocycles. The molecule has 1 fully saturated rings. The second kappa shape index (κ2) is 16.0. The summed E-state index contributed by atoms with van der Waals surface area (Å²) in [4.78, 5) is 42.4. The van der Waals surface area contributed by atoms with Gasteiger partial charge in [0, 0.05) is 20.0 Å². The highest BCUT2D eigenvalue weighted by molar-refractivity contribution is 7.52. The Bertz CT molecular complexity index is 1680. The predicted molar refractivity (Wildman–Crippen MR) is 169 cm³/mol. The Hall–Kier alpha value is -4.55. The number of benzene rings is 1. The minimum absolute atomic E-state index is 0.0762. The van der Waals surface area contributed by atoms with Gasteiger partial charge in [-0.15, -0.1) is 0 Å². The lowest BCUT2D eigenvalue weighted by Gasteiger charge is -2.37. The molecule has 17 heteroatoms.